The standard InChI is InChI=1S/C24H47NO6/c1-22(2,3)8-12-28-13-9-25(10-14-29-17-16-27-7)11-15-30-18-19-31-20-24(6)21(26)23(24,4)5/h8-20H2,1-7H3. The zero-order valence-electron chi connectivity index (χ0n) is 21.1. The Kier molecular flexibility index (Phi) is 12.7. The van der Waals surface area contributed by atoms with E-state index in [1.54, 1.807) is 7.11 Å². The van der Waals surface area contributed by atoms with E-state index in [1.807, 2.05) is 20.8 Å². The number of hydrogen-bond donors (Lipinski definition) is 0. The van der Waals surface area contributed by atoms with E-state index >= 15 is 0 Å². The number of rotatable bonds is 19. The van der Waals surface area contributed by atoms with Gasteiger partial charge in [0.1, 0.15) is 5.78 Å². The first kappa shape index (κ1) is 28.5. The molecule has 1 saturated carbocycles. The van der Waals surface area contributed by atoms with Gasteiger partial charge in [0.2, 0.25) is 0 Å². The highest BCUT2D eigenvalue weighted by atomic mass is 16.5. The van der Waals surface area contributed by atoms with Crippen LogP contribution in [0.4, 0.5) is 0 Å². The molecule has 0 saturated heterocycles. The Bertz CT molecular complexity index is 505. The minimum atomic E-state index is -0.334. The fourth-order valence-corrected chi connectivity index (χ4v) is 3.26. The van der Waals surface area contributed by atoms with Gasteiger partial charge in [0.05, 0.1) is 58.3 Å². The van der Waals surface area contributed by atoms with Gasteiger partial charge in [0.15, 0.2) is 0 Å². The monoisotopic (exact) mass is 445 g/mol. The van der Waals surface area contributed by atoms with E-state index in [0.717, 1.165) is 32.7 Å². The van der Waals surface area contributed by atoms with E-state index in [2.05, 4.69) is 25.7 Å². The molecule has 7 nitrogen and oxygen atoms in total. The third-order valence-electron chi connectivity index (χ3n) is 6.23. The van der Waals surface area contributed by atoms with Gasteiger partial charge >= 0.3 is 0 Å². The van der Waals surface area contributed by atoms with Gasteiger partial charge in [-0.25, -0.2) is 0 Å². The molecular formula is C24H47NO6. The summed E-state index contributed by atoms with van der Waals surface area (Å²) >= 11 is 0. The molecule has 1 rings (SSSR count). The van der Waals surface area contributed by atoms with E-state index in [1.165, 1.54) is 0 Å². The van der Waals surface area contributed by atoms with Crippen molar-refractivity contribution in [3.05, 3.63) is 0 Å². The van der Waals surface area contributed by atoms with Gasteiger partial charge in [0, 0.05) is 38.8 Å². The van der Waals surface area contributed by atoms with E-state index in [9.17, 15) is 4.79 Å². The van der Waals surface area contributed by atoms with Gasteiger partial charge in [-0.3, -0.25) is 9.69 Å². The quantitative estimate of drug-likeness (QED) is 0.283. The zero-order chi connectivity index (χ0) is 23.4. The molecule has 0 radical (unpaired) electrons. The Morgan fingerprint density at radius 1 is 0.742 bits per heavy atom. The smallest absolute Gasteiger partial charge is 0.148 e. The second-order valence-electron chi connectivity index (χ2n) is 10.3. The third-order valence-corrected chi connectivity index (χ3v) is 6.23. The van der Waals surface area contributed by atoms with Crippen molar-refractivity contribution in [2.24, 2.45) is 16.2 Å². The first-order chi connectivity index (χ1) is 14.5. The number of carbonyl (C=O) groups is 1. The minimum absolute atomic E-state index is 0.255. The molecule has 1 aliphatic carbocycles. The largest absolute Gasteiger partial charge is 0.382 e. The van der Waals surface area contributed by atoms with E-state index in [-0.39, 0.29) is 16.6 Å². The van der Waals surface area contributed by atoms with Gasteiger partial charge < -0.3 is 23.7 Å². The maximum atomic E-state index is 11.9. The lowest BCUT2D eigenvalue weighted by Crippen LogP contribution is -2.34. The predicted octanol–water partition coefficient (Wildman–Crippen LogP) is 3.05. The lowest BCUT2D eigenvalue weighted by Gasteiger charge is -2.23. The molecule has 0 aliphatic heterocycles. The molecular weight excluding hydrogens is 398 g/mol. The fourth-order valence-electron chi connectivity index (χ4n) is 3.26. The Morgan fingerprint density at radius 3 is 1.65 bits per heavy atom. The van der Waals surface area contributed by atoms with Crippen molar-refractivity contribution < 1.29 is 28.5 Å². The highest BCUT2D eigenvalue weighted by molar-refractivity contribution is 6.07. The highest BCUT2D eigenvalue weighted by Crippen LogP contribution is 2.58. The minimum Gasteiger partial charge on any atom is -0.382 e. The summed E-state index contributed by atoms with van der Waals surface area (Å²) in [6, 6.07) is 0. The molecule has 0 bridgehead atoms. The first-order valence-corrected chi connectivity index (χ1v) is 11.6. The van der Waals surface area contributed by atoms with Crippen LogP contribution < -0.4 is 0 Å². The van der Waals surface area contributed by atoms with Crippen LogP contribution in [0.15, 0.2) is 0 Å². The van der Waals surface area contributed by atoms with Crippen LogP contribution in [-0.2, 0) is 28.5 Å². The van der Waals surface area contributed by atoms with Gasteiger partial charge in [0.25, 0.3) is 0 Å². The van der Waals surface area contributed by atoms with Gasteiger partial charge in [-0.2, -0.15) is 0 Å². The maximum absolute atomic E-state index is 11.9. The Morgan fingerprint density at radius 2 is 1.19 bits per heavy atom. The average Bonchev–Trinajstić information content (AvgIpc) is 3.08. The molecule has 1 atom stereocenters. The summed E-state index contributed by atoms with van der Waals surface area (Å²) < 4.78 is 27.9. The summed E-state index contributed by atoms with van der Waals surface area (Å²) in [5.74, 6) is 0.286. The van der Waals surface area contributed by atoms with E-state index in [0.29, 0.717) is 58.3 Å². The maximum Gasteiger partial charge on any atom is 0.148 e. The van der Waals surface area contributed by atoms with Gasteiger partial charge in [-0.1, -0.05) is 34.6 Å². The summed E-state index contributed by atoms with van der Waals surface area (Å²) in [4.78, 5) is 14.2. The van der Waals surface area contributed by atoms with E-state index in [4.69, 9.17) is 23.7 Å². The SMILES string of the molecule is COCCOCCN(CCOCCOCC1(C)C(=O)C1(C)C)CCOCCC(C)(C)C. The van der Waals surface area contributed by atoms with Gasteiger partial charge in [-0.05, 0) is 18.8 Å². The molecule has 1 unspecified atom stereocenters. The lowest BCUT2D eigenvalue weighted by atomic mass is 9.93. The average molecular weight is 446 g/mol. The third kappa shape index (κ3) is 10.7. The van der Waals surface area contributed by atoms with Crippen LogP contribution in [0.5, 0.6) is 0 Å². The second-order valence-corrected chi connectivity index (χ2v) is 10.3. The molecule has 0 N–H and O–H groups in total. The van der Waals surface area contributed by atoms with Crippen LogP contribution in [0.1, 0.15) is 48.0 Å². The number of Topliss-reactive ketones (excluding diaryl/α,β-unsaturated/α-hetero) is 1. The number of ketones is 1. The molecule has 184 valence electrons. The molecule has 0 aromatic rings. The summed E-state index contributed by atoms with van der Waals surface area (Å²) in [6.07, 6.45) is 1.05. The molecule has 0 spiro atoms. The van der Waals surface area contributed by atoms with Crippen LogP contribution in [0, 0.1) is 16.2 Å². The highest BCUT2D eigenvalue weighted by Gasteiger charge is 2.68. The molecule has 1 aliphatic rings. The number of nitrogens with zero attached hydrogens (tertiary/aromatic N) is 1. The van der Waals surface area contributed by atoms with Crippen molar-refractivity contribution in [1.29, 1.82) is 0 Å². The Balaban J connectivity index is 2.16. The molecule has 1 fully saturated rings. The second kappa shape index (κ2) is 13.9. The molecule has 0 heterocycles. The number of hydrogen-bond acceptors (Lipinski definition) is 7. The van der Waals surface area contributed by atoms with E-state index < -0.39 is 0 Å². The Labute approximate surface area is 190 Å². The predicted molar refractivity (Wildman–Crippen MR) is 123 cm³/mol. The zero-order valence-corrected chi connectivity index (χ0v) is 21.1. The lowest BCUT2D eigenvalue weighted by molar-refractivity contribution is -0.115. The molecule has 0 amide bonds. The van der Waals surface area contributed by atoms with Gasteiger partial charge in [-0.15, -0.1) is 0 Å². The van der Waals surface area contributed by atoms with Crippen molar-refractivity contribution in [3.63, 3.8) is 0 Å². The van der Waals surface area contributed by atoms with Crippen LogP contribution in [0.25, 0.3) is 0 Å². The number of carbonyl (C=O) groups excluding carboxylic acids is 1. The Hall–Kier alpha value is -0.570. The first-order valence-electron chi connectivity index (χ1n) is 11.6. The number of methoxy groups -OCH3 is 1. The summed E-state index contributed by atoms with van der Waals surface area (Å²) in [5.41, 5.74) is -0.293. The summed E-state index contributed by atoms with van der Waals surface area (Å²) in [5, 5.41) is 0. The van der Waals surface area contributed by atoms with Crippen molar-refractivity contribution in [1.82, 2.24) is 4.90 Å². The number of ether oxygens (including phenoxy) is 5. The molecule has 31 heavy (non-hydrogen) atoms. The van der Waals surface area contributed by atoms with Crippen LogP contribution in [0.2, 0.25) is 0 Å². The normalized spacial score (nSPS) is 20.6. The van der Waals surface area contributed by atoms with Crippen LogP contribution >= 0.6 is 0 Å². The topological polar surface area (TPSA) is 66.5 Å². The molecule has 7 heteroatoms. The molecule has 0 aromatic carbocycles. The molecule has 0 aromatic heterocycles. The van der Waals surface area contributed by atoms with Crippen molar-refractivity contribution in [2.45, 2.75) is 48.0 Å². The van der Waals surface area contributed by atoms with Crippen LogP contribution in [-0.4, -0.2) is 96.9 Å². The summed E-state index contributed by atoms with van der Waals surface area (Å²) in [7, 11) is 1.68. The van der Waals surface area contributed by atoms with Crippen molar-refractivity contribution >= 4 is 5.78 Å². The van der Waals surface area contributed by atoms with Crippen molar-refractivity contribution in [3.8, 4) is 0 Å². The van der Waals surface area contributed by atoms with Crippen LogP contribution in [0.3, 0.4) is 0 Å². The summed E-state index contributed by atoms with van der Waals surface area (Å²) in [6.45, 7) is 20.7. The fraction of sp³-hybridized carbons (Fsp3) is 0.958. The van der Waals surface area contributed by atoms with Crippen molar-refractivity contribution in [2.75, 3.05) is 86.2 Å².